The van der Waals surface area contributed by atoms with Crippen molar-refractivity contribution < 1.29 is 9.90 Å². The van der Waals surface area contributed by atoms with E-state index in [9.17, 15) is 9.90 Å². The number of amides is 1. The van der Waals surface area contributed by atoms with E-state index in [4.69, 9.17) is 18.0 Å². The number of carbonyl (C=O) groups excluding carboxylic acids is 1. The molecule has 2 aliphatic rings. The van der Waals surface area contributed by atoms with E-state index in [0.29, 0.717) is 10.9 Å². The van der Waals surface area contributed by atoms with Gasteiger partial charge in [0.2, 0.25) is 5.91 Å². The molecule has 102 valence electrons. The summed E-state index contributed by atoms with van der Waals surface area (Å²) in [6.45, 7) is 3.27. The van der Waals surface area contributed by atoms with Crippen LogP contribution in [-0.2, 0) is 4.79 Å². The summed E-state index contributed by atoms with van der Waals surface area (Å²) in [7, 11) is 0. The fourth-order valence-electron chi connectivity index (χ4n) is 2.98. The van der Waals surface area contributed by atoms with Gasteiger partial charge in [0.1, 0.15) is 0 Å². The van der Waals surface area contributed by atoms with Gasteiger partial charge >= 0.3 is 0 Å². The monoisotopic (exact) mass is 270 g/mol. The van der Waals surface area contributed by atoms with Gasteiger partial charge < -0.3 is 15.7 Å². The van der Waals surface area contributed by atoms with Crippen LogP contribution in [0.4, 0.5) is 0 Å². The van der Waals surface area contributed by atoms with Gasteiger partial charge in [0.25, 0.3) is 0 Å². The van der Waals surface area contributed by atoms with Gasteiger partial charge in [-0.15, -0.1) is 0 Å². The van der Waals surface area contributed by atoms with E-state index in [2.05, 4.69) is 0 Å². The van der Waals surface area contributed by atoms with Gasteiger partial charge in [-0.3, -0.25) is 4.79 Å². The van der Waals surface area contributed by atoms with E-state index in [0.717, 1.165) is 45.2 Å². The number of hydrogen-bond acceptors (Lipinski definition) is 3. The van der Waals surface area contributed by atoms with Crippen LogP contribution < -0.4 is 5.73 Å². The maximum Gasteiger partial charge on any atom is 0.235 e. The van der Waals surface area contributed by atoms with E-state index < -0.39 is 5.41 Å². The van der Waals surface area contributed by atoms with Crippen molar-refractivity contribution in [2.75, 3.05) is 13.1 Å². The second-order valence-electron chi connectivity index (χ2n) is 5.67. The Labute approximate surface area is 114 Å². The summed E-state index contributed by atoms with van der Waals surface area (Å²) in [4.78, 5) is 14.8. The summed E-state index contributed by atoms with van der Waals surface area (Å²) in [5.74, 6) is 0.432. The van der Waals surface area contributed by atoms with E-state index in [1.165, 1.54) is 0 Å². The normalized spacial score (nSPS) is 25.3. The van der Waals surface area contributed by atoms with Crippen LogP contribution in [0.2, 0.25) is 0 Å². The number of nitrogens with two attached hydrogens (primary N) is 1. The number of aliphatic hydroxyl groups is 1. The Balaban J connectivity index is 1.97. The van der Waals surface area contributed by atoms with Crippen LogP contribution in [0.15, 0.2) is 0 Å². The highest BCUT2D eigenvalue weighted by Crippen LogP contribution is 2.43. The first kappa shape index (κ1) is 13.7. The number of aliphatic hydroxyl groups excluding tert-OH is 1. The molecule has 1 atom stereocenters. The van der Waals surface area contributed by atoms with Crippen LogP contribution in [0.5, 0.6) is 0 Å². The van der Waals surface area contributed by atoms with Gasteiger partial charge in [0.15, 0.2) is 0 Å². The molecule has 18 heavy (non-hydrogen) atoms. The molecule has 1 unspecified atom stereocenters. The average Bonchev–Trinajstić information content (AvgIpc) is 2.27. The van der Waals surface area contributed by atoms with Crippen molar-refractivity contribution in [3.05, 3.63) is 0 Å². The van der Waals surface area contributed by atoms with Crippen LogP contribution in [0.1, 0.15) is 39.0 Å². The minimum absolute atomic E-state index is 0.116. The largest absolute Gasteiger partial charge is 0.393 e. The second kappa shape index (κ2) is 5.13. The fourth-order valence-corrected chi connectivity index (χ4v) is 3.28. The van der Waals surface area contributed by atoms with Crippen molar-refractivity contribution >= 4 is 23.1 Å². The molecule has 0 radical (unpaired) electrons. The molecule has 1 aliphatic heterocycles. The molecule has 2 rings (SSSR count). The Bertz CT molecular complexity index is 345. The van der Waals surface area contributed by atoms with Crippen molar-refractivity contribution in [3.63, 3.8) is 0 Å². The molecule has 1 saturated heterocycles. The lowest BCUT2D eigenvalue weighted by Crippen LogP contribution is -2.56. The number of hydrogen-bond donors (Lipinski definition) is 2. The molecule has 3 N–H and O–H groups in total. The highest BCUT2D eigenvalue weighted by atomic mass is 32.1. The van der Waals surface area contributed by atoms with Crippen LogP contribution >= 0.6 is 12.2 Å². The third-order valence-electron chi connectivity index (χ3n) is 4.60. The average molecular weight is 270 g/mol. The van der Waals surface area contributed by atoms with Crippen LogP contribution in [0, 0.1) is 11.3 Å². The zero-order valence-electron chi connectivity index (χ0n) is 10.9. The molecule has 0 aromatic heterocycles. The quantitative estimate of drug-likeness (QED) is 0.753. The van der Waals surface area contributed by atoms with Gasteiger partial charge in [-0.25, -0.2) is 0 Å². The number of piperidine rings is 1. The Morgan fingerprint density at radius 2 is 2.00 bits per heavy atom. The lowest BCUT2D eigenvalue weighted by molar-refractivity contribution is -0.144. The molecule has 1 heterocycles. The summed E-state index contributed by atoms with van der Waals surface area (Å²) in [6, 6.07) is 0. The standard InChI is InChI=1S/C13H22N2O2S/c1-9(16)10-3-7-15(8-4-10)12(17)13(11(14)18)5-2-6-13/h9-10,16H,2-8H2,1H3,(H2,14,18). The Hall–Kier alpha value is -0.680. The Kier molecular flexibility index (Phi) is 3.92. The smallest absolute Gasteiger partial charge is 0.235 e. The van der Waals surface area contributed by atoms with Crippen molar-refractivity contribution in [2.45, 2.75) is 45.1 Å². The minimum atomic E-state index is -0.549. The van der Waals surface area contributed by atoms with E-state index >= 15 is 0 Å². The number of rotatable bonds is 3. The predicted molar refractivity (Wildman–Crippen MR) is 74.1 cm³/mol. The van der Waals surface area contributed by atoms with E-state index in [1.807, 2.05) is 11.8 Å². The molecule has 0 aromatic rings. The molecule has 1 amide bonds. The maximum absolute atomic E-state index is 12.5. The number of likely N-dealkylation sites (tertiary alicyclic amines) is 1. The zero-order chi connectivity index (χ0) is 13.3. The van der Waals surface area contributed by atoms with Crippen molar-refractivity contribution in [1.82, 2.24) is 4.90 Å². The molecule has 0 bridgehead atoms. The van der Waals surface area contributed by atoms with E-state index in [1.54, 1.807) is 0 Å². The van der Waals surface area contributed by atoms with Gasteiger partial charge in [-0.2, -0.15) is 0 Å². The van der Waals surface area contributed by atoms with Crippen molar-refractivity contribution in [1.29, 1.82) is 0 Å². The highest BCUT2D eigenvalue weighted by molar-refractivity contribution is 7.80. The first-order valence-electron chi connectivity index (χ1n) is 6.75. The Morgan fingerprint density at radius 1 is 1.44 bits per heavy atom. The Morgan fingerprint density at radius 3 is 2.33 bits per heavy atom. The van der Waals surface area contributed by atoms with Crippen LogP contribution in [0.3, 0.4) is 0 Å². The molecule has 5 heteroatoms. The first-order chi connectivity index (χ1) is 8.47. The summed E-state index contributed by atoms with van der Waals surface area (Å²) < 4.78 is 0. The second-order valence-corrected chi connectivity index (χ2v) is 6.11. The summed E-state index contributed by atoms with van der Waals surface area (Å²) >= 11 is 5.08. The number of thiocarbonyl (C=S) groups is 1. The van der Waals surface area contributed by atoms with Crippen molar-refractivity contribution in [3.8, 4) is 0 Å². The lowest BCUT2D eigenvalue weighted by Gasteiger charge is -2.44. The third kappa shape index (κ3) is 2.26. The molecule has 1 saturated carbocycles. The maximum atomic E-state index is 12.5. The molecule has 4 nitrogen and oxygen atoms in total. The van der Waals surface area contributed by atoms with Crippen LogP contribution in [0.25, 0.3) is 0 Å². The van der Waals surface area contributed by atoms with Crippen molar-refractivity contribution in [2.24, 2.45) is 17.1 Å². The summed E-state index contributed by atoms with van der Waals surface area (Å²) in [6.07, 6.45) is 4.10. The number of nitrogens with zero attached hydrogens (tertiary/aromatic N) is 1. The van der Waals surface area contributed by atoms with Gasteiger partial charge in [0, 0.05) is 13.1 Å². The molecule has 0 spiro atoms. The first-order valence-corrected chi connectivity index (χ1v) is 7.15. The summed E-state index contributed by atoms with van der Waals surface area (Å²) in [5.41, 5.74) is 5.21. The highest BCUT2D eigenvalue weighted by Gasteiger charge is 2.49. The molecular formula is C13H22N2O2S. The number of carbonyl (C=O) groups is 1. The molecule has 2 fully saturated rings. The summed E-state index contributed by atoms with van der Waals surface area (Å²) in [5, 5.41) is 9.56. The molecule has 0 aromatic carbocycles. The minimum Gasteiger partial charge on any atom is -0.393 e. The van der Waals surface area contributed by atoms with Gasteiger partial charge in [-0.1, -0.05) is 18.6 Å². The van der Waals surface area contributed by atoms with E-state index in [-0.39, 0.29) is 12.0 Å². The fraction of sp³-hybridized carbons (Fsp3) is 0.846. The lowest BCUT2D eigenvalue weighted by atomic mass is 9.67. The third-order valence-corrected chi connectivity index (χ3v) is 4.99. The topological polar surface area (TPSA) is 66.6 Å². The van der Waals surface area contributed by atoms with Crippen LogP contribution in [-0.4, -0.2) is 40.1 Å². The SMILES string of the molecule is CC(O)C1CCN(C(=O)C2(C(N)=S)CCC2)CC1. The molecular weight excluding hydrogens is 248 g/mol. The van der Waals surface area contributed by atoms with Gasteiger partial charge in [-0.05, 0) is 38.5 Å². The molecule has 1 aliphatic carbocycles. The predicted octanol–water partition coefficient (Wildman–Crippen LogP) is 1.06. The van der Waals surface area contributed by atoms with Gasteiger partial charge in [0.05, 0.1) is 16.5 Å². The zero-order valence-corrected chi connectivity index (χ0v) is 11.7.